The number of benzene rings is 2. The van der Waals surface area contributed by atoms with E-state index in [0.29, 0.717) is 10.4 Å². The third kappa shape index (κ3) is 2.54. The van der Waals surface area contributed by atoms with Crippen LogP contribution in [0.4, 0.5) is 0 Å². The first-order valence-corrected chi connectivity index (χ1v) is 8.55. The zero-order valence-corrected chi connectivity index (χ0v) is 14.5. The Bertz CT molecular complexity index is 1090. The number of nitrogens with zero attached hydrogens (tertiary/aromatic N) is 2. The van der Waals surface area contributed by atoms with Gasteiger partial charge in [-0.25, -0.2) is 0 Å². The van der Waals surface area contributed by atoms with E-state index in [-0.39, 0.29) is 11.7 Å². The van der Waals surface area contributed by atoms with Crippen LogP contribution in [0.15, 0.2) is 62.4 Å². The molecule has 0 unspecified atom stereocenters. The molecule has 1 amide bonds. The van der Waals surface area contributed by atoms with Gasteiger partial charge >= 0.3 is 5.91 Å². The van der Waals surface area contributed by atoms with Gasteiger partial charge in [0.1, 0.15) is 5.58 Å². The van der Waals surface area contributed by atoms with Gasteiger partial charge in [-0.3, -0.25) is 4.79 Å². The minimum absolute atomic E-state index is 0.254. The van der Waals surface area contributed by atoms with Gasteiger partial charge in [0.2, 0.25) is 0 Å². The highest BCUT2D eigenvalue weighted by Crippen LogP contribution is 2.22. The number of halogens is 1. The molecule has 2 aromatic carbocycles. The summed E-state index contributed by atoms with van der Waals surface area (Å²) in [5, 5.41) is 0.899. The number of rotatable bonds is 1. The lowest BCUT2D eigenvalue weighted by Gasteiger charge is -1.95. The summed E-state index contributed by atoms with van der Waals surface area (Å²) in [4.78, 5) is 17.3. The lowest BCUT2D eigenvalue weighted by Crippen LogP contribution is -2.12. The molecule has 0 spiro atoms. The molecule has 0 aliphatic rings. The van der Waals surface area contributed by atoms with Gasteiger partial charge in [-0.05, 0) is 30.3 Å². The van der Waals surface area contributed by atoms with E-state index in [1.54, 1.807) is 6.07 Å². The van der Waals surface area contributed by atoms with Gasteiger partial charge in [-0.2, -0.15) is 4.99 Å². The first kappa shape index (κ1) is 14.4. The van der Waals surface area contributed by atoms with Gasteiger partial charge in [-0.15, -0.1) is 0 Å². The van der Waals surface area contributed by atoms with E-state index in [2.05, 4.69) is 20.9 Å². The van der Waals surface area contributed by atoms with Gasteiger partial charge < -0.3 is 8.98 Å². The molecule has 0 bridgehead atoms. The van der Waals surface area contributed by atoms with E-state index in [4.69, 9.17) is 4.42 Å². The molecule has 23 heavy (non-hydrogen) atoms. The molecule has 0 fully saturated rings. The van der Waals surface area contributed by atoms with Crippen LogP contribution in [0.1, 0.15) is 10.6 Å². The number of hydrogen-bond acceptors (Lipinski definition) is 3. The molecule has 0 N–H and O–H groups in total. The van der Waals surface area contributed by atoms with Gasteiger partial charge in [0.25, 0.3) is 0 Å². The number of aryl methyl sites for hydroxylation is 1. The summed E-state index contributed by atoms with van der Waals surface area (Å²) in [5.41, 5.74) is 1.73. The van der Waals surface area contributed by atoms with E-state index < -0.39 is 0 Å². The van der Waals surface area contributed by atoms with Crippen molar-refractivity contribution in [3.05, 3.63) is 63.6 Å². The highest BCUT2D eigenvalue weighted by molar-refractivity contribution is 9.10. The van der Waals surface area contributed by atoms with Gasteiger partial charge in [0.05, 0.1) is 10.2 Å². The minimum Gasteiger partial charge on any atom is -0.451 e. The molecule has 0 radical (unpaired) electrons. The van der Waals surface area contributed by atoms with Crippen LogP contribution in [-0.2, 0) is 7.05 Å². The zero-order valence-electron chi connectivity index (χ0n) is 12.1. The second-order valence-corrected chi connectivity index (χ2v) is 7.05. The summed E-state index contributed by atoms with van der Waals surface area (Å²) in [6.07, 6.45) is 0. The minimum atomic E-state index is -0.373. The second-order valence-electron chi connectivity index (χ2n) is 5.12. The third-order valence-electron chi connectivity index (χ3n) is 3.60. The molecule has 4 rings (SSSR count). The molecule has 2 heterocycles. The smallest absolute Gasteiger partial charge is 0.315 e. The van der Waals surface area contributed by atoms with Crippen molar-refractivity contribution in [3.8, 4) is 0 Å². The Balaban J connectivity index is 1.83. The van der Waals surface area contributed by atoms with Crippen LogP contribution < -0.4 is 4.80 Å². The fourth-order valence-electron chi connectivity index (χ4n) is 2.44. The third-order valence-corrected chi connectivity index (χ3v) is 5.19. The maximum atomic E-state index is 12.4. The van der Waals surface area contributed by atoms with Crippen LogP contribution in [-0.4, -0.2) is 10.5 Å². The summed E-state index contributed by atoms with van der Waals surface area (Å²) >= 11 is 4.93. The number of thiazole rings is 1. The van der Waals surface area contributed by atoms with Crippen molar-refractivity contribution in [2.24, 2.45) is 12.0 Å². The second kappa shape index (κ2) is 5.47. The van der Waals surface area contributed by atoms with Crippen LogP contribution in [0.5, 0.6) is 0 Å². The van der Waals surface area contributed by atoms with Crippen molar-refractivity contribution < 1.29 is 9.21 Å². The first-order chi connectivity index (χ1) is 11.1. The van der Waals surface area contributed by atoms with Crippen molar-refractivity contribution in [1.82, 2.24) is 4.57 Å². The topological polar surface area (TPSA) is 47.5 Å². The monoisotopic (exact) mass is 386 g/mol. The van der Waals surface area contributed by atoms with Crippen molar-refractivity contribution in [2.45, 2.75) is 0 Å². The number of amides is 1. The van der Waals surface area contributed by atoms with Gasteiger partial charge in [-0.1, -0.05) is 45.5 Å². The predicted molar refractivity (Wildman–Crippen MR) is 94.6 cm³/mol. The maximum absolute atomic E-state index is 12.4. The lowest BCUT2D eigenvalue weighted by molar-refractivity contribution is 0.0973. The fourth-order valence-corrected chi connectivity index (χ4v) is 4.01. The molecule has 0 aliphatic heterocycles. The summed E-state index contributed by atoms with van der Waals surface area (Å²) in [6.45, 7) is 0. The average Bonchev–Trinajstić information content (AvgIpc) is 3.09. The number of carbonyl (C=O) groups is 1. The lowest BCUT2D eigenvalue weighted by atomic mass is 10.2. The number of furan rings is 1. The highest BCUT2D eigenvalue weighted by Gasteiger charge is 2.12. The zero-order chi connectivity index (χ0) is 16.0. The maximum Gasteiger partial charge on any atom is 0.315 e. The highest BCUT2D eigenvalue weighted by atomic mass is 79.9. The van der Waals surface area contributed by atoms with Crippen LogP contribution in [0, 0.1) is 0 Å². The van der Waals surface area contributed by atoms with Crippen LogP contribution in [0.25, 0.3) is 21.2 Å². The normalized spacial score (nSPS) is 12.3. The number of para-hydroxylation sites is 1. The molecule has 0 saturated heterocycles. The van der Waals surface area contributed by atoms with E-state index in [9.17, 15) is 4.79 Å². The molecule has 4 aromatic rings. The number of fused-ring (bicyclic) bond motifs is 2. The Morgan fingerprint density at radius 2 is 2.04 bits per heavy atom. The Morgan fingerprint density at radius 3 is 2.87 bits per heavy atom. The molecular weight excluding hydrogens is 376 g/mol. The summed E-state index contributed by atoms with van der Waals surface area (Å²) < 4.78 is 9.56. The molecule has 6 heteroatoms. The molecular formula is C17H11BrN2O2S. The Kier molecular flexibility index (Phi) is 3.43. The number of carbonyl (C=O) groups excluding carboxylic acids is 1. The SMILES string of the molecule is Cn1c(=NC(=O)c2cc3ccccc3o2)sc2cc(Br)ccc21. The Labute approximate surface area is 143 Å². The Morgan fingerprint density at radius 1 is 1.22 bits per heavy atom. The molecule has 114 valence electrons. The summed E-state index contributed by atoms with van der Waals surface area (Å²) in [5.74, 6) is -0.118. The largest absolute Gasteiger partial charge is 0.451 e. The van der Waals surface area contributed by atoms with Gasteiger partial charge in [0.15, 0.2) is 10.6 Å². The molecule has 4 nitrogen and oxygen atoms in total. The van der Waals surface area contributed by atoms with Crippen molar-refractivity contribution in [2.75, 3.05) is 0 Å². The molecule has 2 aromatic heterocycles. The molecule has 0 saturated carbocycles. The quantitative estimate of drug-likeness (QED) is 0.483. The number of aromatic nitrogens is 1. The Hall–Kier alpha value is -2.18. The van der Waals surface area contributed by atoms with E-state index in [0.717, 1.165) is 20.1 Å². The van der Waals surface area contributed by atoms with Gasteiger partial charge in [0, 0.05) is 16.9 Å². The molecule has 0 atom stereocenters. The predicted octanol–water partition coefficient (Wildman–Crippen LogP) is 4.49. The van der Waals surface area contributed by atoms with E-state index in [1.165, 1.54) is 11.3 Å². The van der Waals surface area contributed by atoms with E-state index in [1.807, 2.05) is 54.1 Å². The van der Waals surface area contributed by atoms with Crippen molar-refractivity contribution >= 4 is 54.4 Å². The van der Waals surface area contributed by atoms with Crippen molar-refractivity contribution in [3.63, 3.8) is 0 Å². The van der Waals surface area contributed by atoms with Crippen LogP contribution in [0.3, 0.4) is 0 Å². The summed E-state index contributed by atoms with van der Waals surface area (Å²) in [6, 6.07) is 15.3. The van der Waals surface area contributed by atoms with Crippen LogP contribution >= 0.6 is 27.3 Å². The standard InChI is InChI=1S/C17H11BrN2O2S/c1-20-12-7-6-11(18)9-15(12)23-17(20)19-16(21)14-8-10-4-2-3-5-13(10)22-14/h2-9H,1H3. The molecule has 0 aliphatic carbocycles. The average molecular weight is 387 g/mol. The summed E-state index contributed by atoms with van der Waals surface area (Å²) in [7, 11) is 1.90. The van der Waals surface area contributed by atoms with Crippen molar-refractivity contribution in [1.29, 1.82) is 0 Å². The fraction of sp³-hybridized carbons (Fsp3) is 0.0588. The number of hydrogen-bond donors (Lipinski definition) is 0. The first-order valence-electron chi connectivity index (χ1n) is 6.94. The van der Waals surface area contributed by atoms with Crippen LogP contribution in [0.2, 0.25) is 0 Å². The van der Waals surface area contributed by atoms with E-state index >= 15 is 0 Å².